The van der Waals surface area contributed by atoms with Crippen molar-refractivity contribution < 1.29 is 19.2 Å². The average Bonchev–Trinajstić information content (AvgIpc) is 3.18. The van der Waals surface area contributed by atoms with E-state index < -0.39 is 0 Å². The third kappa shape index (κ3) is 13.1. The second-order valence-electron chi connectivity index (χ2n) is 4.00. The van der Waals surface area contributed by atoms with E-state index in [1.165, 1.54) is 5.19 Å². The summed E-state index contributed by atoms with van der Waals surface area (Å²) in [6, 6.07) is 10.7. The van der Waals surface area contributed by atoms with E-state index in [0.717, 1.165) is 12.8 Å². The molecule has 2 aliphatic carbocycles. The first-order valence-corrected chi connectivity index (χ1v) is 10.7. The quantitative estimate of drug-likeness (QED) is 0.503. The summed E-state index contributed by atoms with van der Waals surface area (Å²) in [6.45, 7) is 2.31. The molecule has 0 saturated heterocycles. The van der Waals surface area contributed by atoms with Crippen LogP contribution in [-0.4, -0.2) is 6.19 Å². The van der Waals surface area contributed by atoms with E-state index in [1.807, 2.05) is 24.3 Å². The van der Waals surface area contributed by atoms with Crippen LogP contribution >= 0.6 is 24.8 Å². The van der Waals surface area contributed by atoms with Crippen LogP contribution in [0.1, 0.15) is 12.8 Å². The van der Waals surface area contributed by atoms with Crippen LogP contribution in [-0.2, 0) is 19.2 Å². The molecule has 21 heavy (non-hydrogen) atoms. The Labute approximate surface area is 153 Å². The average molecular weight is 371 g/mol. The van der Waals surface area contributed by atoms with Crippen LogP contribution in [0, 0.1) is 12.2 Å². The van der Waals surface area contributed by atoms with Crippen molar-refractivity contribution in [3.8, 4) is 0 Å². The molecule has 0 N–H and O–H groups in total. The Hall–Kier alpha value is -0.309. The Balaban J connectivity index is 0. The smallest absolute Gasteiger partial charge is 0.109 e. The second kappa shape index (κ2) is 16.1. The van der Waals surface area contributed by atoms with Crippen LogP contribution in [0.5, 0.6) is 0 Å². The maximum atomic E-state index is 2.99. The first kappa shape index (κ1) is 23.0. The summed E-state index contributed by atoms with van der Waals surface area (Å²) in [6.07, 6.45) is 19.8. The molecule has 1 aromatic carbocycles. The Morgan fingerprint density at radius 2 is 1.38 bits per heavy atom. The van der Waals surface area contributed by atoms with E-state index in [-0.39, 0.29) is 31.0 Å². The van der Waals surface area contributed by atoms with Gasteiger partial charge in [-0.15, -0.1) is 37.7 Å². The normalized spacial score (nSPS) is 12.3. The summed E-state index contributed by atoms with van der Waals surface area (Å²) in [5.41, 5.74) is 0. The summed E-state index contributed by atoms with van der Waals surface area (Å²) >= 11 is 2.31. The van der Waals surface area contributed by atoms with Crippen molar-refractivity contribution >= 4 is 36.2 Å². The molecule has 3 rings (SSSR count). The molecule has 110 valence electrons. The second-order valence-corrected chi connectivity index (χ2v) is 9.34. The van der Waals surface area contributed by atoms with Crippen LogP contribution < -0.4 is 5.19 Å². The summed E-state index contributed by atoms with van der Waals surface area (Å²) in [7, 11) is 0. The van der Waals surface area contributed by atoms with Crippen molar-refractivity contribution in [2.45, 2.75) is 19.4 Å². The van der Waals surface area contributed by atoms with Crippen molar-refractivity contribution in [2.75, 3.05) is 0 Å². The number of hydrogen-bond donors (Lipinski definition) is 0. The van der Waals surface area contributed by atoms with Gasteiger partial charge in [-0.25, -0.2) is 24.3 Å². The zero-order valence-corrected chi connectivity index (χ0v) is 16.3. The van der Waals surface area contributed by atoms with Gasteiger partial charge in [-0.05, 0) is 0 Å². The first-order chi connectivity index (χ1) is 9.30. The molecule has 0 aliphatic heterocycles. The third-order valence-electron chi connectivity index (χ3n) is 2.38. The molecule has 0 radical (unpaired) electrons. The Morgan fingerprint density at radius 3 is 1.57 bits per heavy atom. The standard InChI is InChI=1S/C7H8Si.2C5H5.2ClH.Ti/c1-8-7-5-3-2-4-6-7;2*1-2-4-5-3-1;;;/h2-6H,1H3;2*1-3H,4H2;2*1H;/q;2*-1;;;+2. The van der Waals surface area contributed by atoms with Gasteiger partial charge in [0.05, 0.1) is 0 Å². The fourth-order valence-electron chi connectivity index (χ4n) is 1.37. The van der Waals surface area contributed by atoms with Gasteiger partial charge in [-0.3, -0.25) is 12.2 Å². The molecular weight excluding hydrogens is 351 g/mol. The van der Waals surface area contributed by atoms with Crippen molar-refractivity contribution in [3.63, 3.8) is 0 Å². The van der Waals surface area contributed by atoms with Crippen LogP contribution in [0.15, 0.2) is 66.8 Å². The summed E-state index contributed by atoms with van der Waals surface area (Å²) in [5, 5.41) is 1.52. The largest absolute Gasteiger partial charge is 0.273 e. The predicted molar refractivity (Wildman–Crippen MR) is 95.3 cm³/mol. The molecule has 0 nitrogen and oxygen atoms in total. The predicted octanol–water partition coefficient (Wildman–Crippen LogP) is 4.52. The topological polar surface area (TPSA) is 0 Å². The number of benzene rings is 1. The van der Waals surface area contributed by atoms with Crippen LogP contribution in [0.25, 0.3) is 0 Å². The fraction of sp³-hybridized carbons (Fsp3) is 0.176. The molecule has 0 bridgehead atoms. The van der Waals surface area contributed by atoms with Gasteiger partial charge in [0.15, 0.2) is 0 Å². The van der Waals surface area contributed by atoms with E-state index in [1.54, 1.807) is 0 Å². The molecule has 2 aliphatic rings. The van der Waals surface area contributed by atoms with Gasteiger partial charge >= 0.3 is 67.4 Å². The van der Waals surface area contributed by atoms with Gasteiger partial charge < -0.3 is 0 Å². The molecule has 0 amide bonds. The molecule has 0 heterocycles. The minimum atomic E-state index is -0.212. The molecule has 0 atom stereocenters. The van der Waals surface area contributed by atoms with E-state index in [4.69, 9.17) is 0 Å². The number of allylic oxidation sites excluding steroid dienone is 8. The van der Waals surface area contributed by atoms with E-state index >= 15 is 0 Å². The molecule has 0 unspecified atom stereocenters. The van der Waals surface area contributed by atoms with E-state index in [2.05, 4.69) is 80.4 Å². The van der Waals surface area contributed by atoms with Gasteiger partial charge in [0.1, 0.15) is 0 Å². The zero-order valence-electron chi connectivity index (χ0n) is 12.1. The molecule has 4 heteroatoms. The number of hydrogen-bond acceptors (Lipinski definition) is 0. The number of rotatable bonds is 1. The molecular formula is C17H20Cl2SiTi. The van der Waals surface area contributed by atoms with Gasteiger partial charge in [0, 0.05) is 0 Å². The maximum absolute atomic E-state index is 2.99. The van der Waals surface area contributed by atoms with Crippen LogP contribution in [0.2, 0.25) is 6.55 Å². The molecule has 0 saturated carbocycles. The first-order valence-electron chi connectivity index (χ1n) is 6.34. The van der Waals surface area contributed by atoms with Crippen molar-refractivity contribution in [1.29, 1.82) is 0 Å². The summed E-state index contributed by atoms with van der Waals surface area (Å²) < 4.78 is 0. The molecule has 0 fully saturated rings. The Kier molecular flexibility index (Phi) is 17.6. The van der Waals surface area contributed by atoms with Crippen molar-refractivity contribution in [3.05, 3.63) is 78.9 Å². The Morgan fingerprint density at radius 1 is 0.905 bits per heavy atom. The zero-order chi connectivity index (χ0) is 13.8. The SMILES string of the molecule is C[Si](=[Ti+2])c1ccccc1.Cl.Cl.[C-]1=CC=CC1.[C-]1=CC=CC1. The maximum Gasteiger partial charge on any atom is -0.109 e. The van der Waals surface area contributed by atoms with E-state index in [0.29, 0.717) is 0 Å². The summed E-state index contributed by atoms with van der Waals surface area (Å²) in [5.74, 6) is 0. The van der Waals surface area contributed by atoms with Crippen molar-refractivity contribution in [2.24, 2.45) is 0 Å². The van der Waals surface area contributed by atoms with Gasteiger partial charge in [-0.1, -0.05) is 0 Å². The fourth-order valence-corrected chi connectivity index (χ4v) is 2.84. The molecule has 0 spiro atoms. The molecule has 1 aromatic rings. The third-order valence-corrected chi connectivity index (χ3v) is 4.93. The minimum Gasteiger partial charge on any atom is -0.273 e. The van der Waals surface area contributed by atoms with Gasteiger partial charge in [0.25, 0.3) is 0 Å². The van der Waals surface area contributed by atoms with Crippen LogP contribution in [0.3, 0.4) is 0 Å². The molecule has 0 aromatic heterocycles. The number of halogens is 2. The van der Waals surface area contributed by atoms with Crippen LogP contribution in [0.4, 0.5) is 0 Å². The minimum absolute atomic E-state index is 0. The monoisotopic (exact) mass is 370 g/mol. The Bertz CT molecular complexity index is 449. The summed E-state index contributed by atoms with van der Waals surface area (Å²) in [4.78, 5) is 0. The van der Waals surface area contributed by atoms with Gasteiger partial charge in [0.2, 0.25) is 0 Å². The van der Waals surface area contributed by atoms with E-state index in [9.17, 15) is 0 Å². The van der Waals surface area contributed by atoms with Crippen molar-refractivity contribution in [1.82, 2.24) is 0 Å². The van der Waals surface area contributed by atoms with Gasteiger partial charge in [-0.2, -0.15) is 12.2 Å².